The number of alkyl halides is 2. The van der Waals surface area contributed by atoms with Gasteiger partial charge < -0.3 is 10.5 Å². The molecule has 2 N–H and O–H groups in total. The van der Waals surface area contributed by atoms with E-state index in [1.807, 2.05) is 0 Å². The molecular weight excluding hydrogens is 195 g/mol. The molecule has 0 fully saturated rings. The van der Waals surface area contributed by atoms with Gasteiger partial charge in [-0.15, -0.1) is 0 Å². The lowest BCUT2D eigenvalue weighted by Gasteiger charge is -2.13. The van der Waals surface area contributed by atoms with Crippen LogP contribution in [-0.4, -0.2) is 13.5 Å². The van der Waals surface area contributed by atoms with Crippen LogP contribution >= 0.6 is 0 Å². The molecule has 1 rings (SSSR count). The van der Waals surface area contributed by atoms with Crippen LogP contribution in [0.2, 0.25) is 0 Å². The predicted octanol–water partition coefficient (Wildman–Crippen LogP) is 2.10. The Morgan fingerprint density at radius 3 is 2.50 bits per heavy atom. The summed E-state index contributed by atoms with van der Waals surface area (Å²) in [5.74, 6) is -0.915. The highest BCUT2D eigenvalue weighted by atomic mass is 19.3. The number of hydrogen-bond donors (Lipinski definition) is 1. The quantitative estimate of drug-likeness (QED) is 0.820. The standard InChI is InChI=1S/C9H10F3NO/c1-14-6-4-2-3-5(7(6)10)8(13)9(11)12/h2-4,8-9H,13H2,1H3. The van der Waals surface area contributed by atoms with Crippen LogP contribution in [0.4, 0.5) is 13.2 Å². The first-order valence-corrected chi connectivity index (χ1v) is 3.94. The second-order valence-corrected chi connectivity index (χ2v) is 2.72. The van der Waals surface area contributed by atoms with E-state index in [9.17, 15) is 13.2 Å². The summed E-state index contributed by atoms with van der Waals surface area (Å²) in [4.78, 5) is 0. The number of benzene rings is 1. The van der Waals surface area contributed by atoms with Gasteiger partial charge in [-0.2, -0.15) is 0 Å². The molecule has 0 aliphatic carbocycles. The first-order valence-electron chi connectivity index (χ1n) is 3.94. The van der Waals surface area contributed by atoms with Crippen LogP contribution in [0.5, 0.6) is 5.75 Å². The zero-order valence-electron chi connectivity index (χ0n) is 7.51. The van der Waals surface area contributed by atoms with Gasteiger partial charge in [0.2, 0.25) is 0 Å². The third-order valence-corrected chi connectivity index (χ3v) is 1.84. The monoisotopic (exact) mass is 205 g/mol. The van der Waals surface area contributed by atoms with E-state index < -0.39 is 18.3 Å². The van der Waals surface area contributed by atoms with Crippen molar-refractivity contribution in [2.75, 3.05) is 7.11 Å². The van der Waals surface area contributed by atoms with Gasteiger partial charge in [-0.3, -0.25) is 0 Å². The van der Waals surface area contributed by atoms with Crippen LogP contribution in [0.3, 0.4) is 0 Å². The summed E-state index contributed by atoms with van der Waals surface area (Å²) in [5, 5.41) is 0. The second-order valence-electron chi connectivity index (χ2n) is 2.72. The Balaban J connectivity index is 3.09. The van der Waals surface area contributed by atoms with Crippen molar-refractivity contribution in [3.05, 3.63) is 29.6 Å². The van der Waals surface area contributed by atoms with E-state index in [0.717, 1.165) is 0 Å². The Labute approximate surface area is 79.5 Å². The van der Waals surface area contributed by atoms with Crippen LogP contribution in [-0.2, 0) is 0 Å². The molecule has 0 saturated heterocycles. The number of halogens is 3. The van der Waals surface area contributed by atoms with Gasteiger partial charge in [0.05, 0.1) is 13.2 Å². The van der Waals surface area contributed by atoms with E-state index in [1.54, 1.807) is 0 Å². The van der Waals surface area contributed by atoms with Crippen molar-refractivity contribution in [3.63, 3.8) is 0 Å². The van der Waals surface area contributed by atoms with Crippen molar-refractivity contribution >= 4 is 0 Å². The number of nitrogens with two attached hydrogens (primary N) is 1. The van der Waals surface area contributed by atoms with Crippen molar-refractivity contribution in [2.45, 2.75) is 12.5 Å². The average Bonchev–Trinajstić information content (AvgIpc) is 2.17. The third kappa shape index (κ3) is 1.98. The number of ether oxygens (including phenoxy) is 1. The first-order chi connectivity index (χ1) is 6.57. The lowest BCUT2D eigenvalue weighted by molar-refractivity contribution is 0.114. The zero-order valence-corrected chi connectivity index (χ0v) is 7.51. The molecule has 2 nitrogen and oxygen atoms in total. The topological polar surface area (TPSA) is 35.2 Å². The molecule has 0 spiro atoms. The van der Waals surface area contributed by atoms with Gasteiger partial charge in [0, 0.05) is 5.56 Å². The van der Waals surface area contributed by atoms with E-state index >= 15 is 0 Å². The highest BCUT2D eigenvalue weighted by Crippen LogP contribution is 2.26. The highest BCUT2D eigenvalue weighted by Gasteiger charge is 2.22. The van der Waals surface area contributed by atoms with Crippen LogP contribution in [0.25, 0.3) is 0 Å². The van der Waals surface area contributed by atoms with Crippen LogP contribution in [0, 0.1) is 5.82 Å². The lowest BCUT2D eigenvalue weighted by atomic mass is 10.1. The van der Waals surface area contributed by atoms with Crippen molar-refractivity contribution in [1.82, 2.24) is 0 Å². The second kappa shape index (κ2) is 4.32. The van der Waals surface area contributed by atoms with Gasteiger partial charge in [0.25, 0.3) is 6.43 Å². The molecule has 0 aromatic heterocycles. The summed E-state index contributed by atoms with van der Waals surface area (Å²) in [6, 6.07) is 2.36. The Kier molecular flexibility index (Phi) is 3.35. The van der Waals surface area contributed by atoms with E-state index in [2.05, 4.69) is 4.74 Å². The lowest BCUT2D eigenvalue weighted by Crippen LogP contribution is -2.20. The number of methoxy groups -OCH3 is 1. The van der Waals surface area contributed by atoms with Crippen molar-refractivity contribution in [2.24, 2.45) is 5.73 Å². The third-order valence-electron chi connectivity index (χ3n) is 1.84. The minimum Gasteiger partial charge on any atom is -0.494 e. The minimum absolute atomic E-state index is 0.0846. The van der Waals surface area contributed by atoms with Crippen molar-refractivity contribution in [1.29, 1.82) is 0 Å². The van der Waals surface area contributed by atoms with Gasteiger partial charge in [-0.05, 0) is 6.07 Å². The summed E-state index contributed by atoms with van der Waals surface area (Å²) in [5.41, 5.74) is 4.88. The molecule has 5 heteroatoms. The summed E-state index contributed by atoms with van der Waals surface area (Å²) in [6.07, 6.45) is -2.79. The molecule has 0 aliphatic heterocycles. The Bertz CT molecular complexity index is 317. The predicted molar refractivity (Wildman–Crippen MR) is 45.9 cm³/mol. The molecule has 0 aliphatic rings. The summed E-state index contributed by atoms with van der Waals surface area (Å²) >= 11 is 0. The molecule has 78 valence electrons. The maximum atomic E-state index is 13.3. The van der Waals surface area contributed by atoms with Gasteiger partial charge in [-0.25, -0.2) is 13.2 Å². The largest absolute Gasteiger partial charge is 0.494 e. The Morgan fingerprint density at radius 1 is 1.36 bits per heavy atom. The van der Waals surface area contributed by atoms with E-state index in [-0.39, 0.29) is 11.3 Å². The molecule has 14 heavy (non-hydrogen) atoms. The van der Waals surface area contributed by atoms with E-state index in [4.69, 9.17) is 5.73 Å². The fourth-order valence-corrected chi connectivity index (χ4v) is 1.08. The summed E-state index contributed by atoms with van der Waals surface area (Å²) in [7, 11) is 1.26. The summed E-state index contributed by atoms with van der Waals surface area (Å²) in [6.45, 7) is 0. The van der Waals surface area contributed by atoms with Crippen LogP contribution in [0.1, 0.15) is 11.6 Å². The molecule has 0 amide bonds. The zero-order chi connectivity index (χ0) is 10.7. The van der Waals surface area contributed by atoms with E-state index in [0.29, 0.717) is 0 Å². The minimum atomic E-state index is -2.79. The SMILES string of the molecule is COc1cccc(C(N)C(F)F)c1F. The average molecular weight is 205 g/mol. The fraction of sp³-hybridized carbons (Fsp3) is 0.333. The Hall–Kier alpha value is -1.23. The first kappa shape index (κ1) is 10.8. The molecule has 0 saturated carbocycles. The van der Waals surface area contributed by atoms with Gasteiger partial charge in [0.1, 0.15) is 0 Å². The maximum absolute atomic E-state index is 13.3. The van der Waals surface area contributed by atoms with Gasteiger partial charge in [0.15, 0.2) is 11.6 Å². The Morgan fingerprint density at radius 2 is 2.00 bits per heavy atom. The van der Waals surface area contributed by atoms with Gasteiger partial charge >= 0.3 is 0 Å². The van der Waals surface area contributed by atoms with Gasteiger partial charge in [-0.1, -0.05) is 12.1 Å². The van der Waals surface area contributed by atoms with E-state index in [1.165, 1.54) is 25.3 Å². The van der Waals surface area contributed by atoms with Crippen molar-refractivity contribution in [3.8, 4) is 5.75 Å². The van der Waals surface area contributed by atoms with Crippen LogP contribution < -0.4 is 10.5 Å². The van der Waals surface area contributed by atoms with Crippen LogP contribution in [0.15, 0.2) is 18.2 Å². The molecule has 0 bridgehead atoms. The number of hydrogen-bond acceptors (Lipinski definition) is 2. The molecular formula is C9H10F3NO. The van der Waals surface area contributed by atoms with Crippen molar-refractivity contribution < 1.29 is 17.9 Å². The molecule has 0 heterocycles. The fourth-order valence-electron chi connectivity index (χ4n) is 1.08. The molecule has 0 radical (unpaired) electrons. The molecule has 1 unspecified atom stereocenters. The number of rotatable bonds is 3. The molecule has 1 atom stereocenters. The highest BCUT2D eigenvalue weighted by molar-refractivity contribution is 5.33. The summed E-state index contributed by atoms with van der Waals surface area (Å²) < 4.78 is 42.4. The molecule has 1 aromatic carbocycles. The molecule has 1 aromatic rings. The smallest absolute Gasteiger partial charge is 0.257 e. The maximum Gasteiger partial charge on any atom is 0.257 e. The normalized spacial score (nSPS) is 13.0.